The van der Waals surface area contributed by atoms with E-state index in [0.29, 0.717) is 23.0 Å². The second kappa shape index (κ2) is 6.44. The monoisotopic (exact) mass is 336 g/mol. The van der Waals surface area contributed by atoms with Crippen molar-refractivity contribution in [2.45, 2.75) is 63.1 Å². The van der Waals surface area contributed by atoms with Gasteiger partial charge >= 0.3 is 0 Å². The maximum atomic E-state index is 12.4. The molecule has 2 atom stereocenters. The van der Waals surface area contributed by atoms with Crippen LogP contribution in [0.25, 0.3) is 0 Å². The van der Waals surface area contributed by atoms with Gasteiger partial charge in [-0.3, -0.25) is 4.90 Å². The van der Waals surface area contributed by atoms with E-state index >= 15 is 0 Å². The van der Waals surface area contributed by atoms with E-state index in [4.69, 9.17) is 0 Å². The molecule has 0 saturated carbocycles. The maximum Gasteiger partial charge on any atom is 0.180 e. The number of sulfone groups is 1. The van der Waals surface area contributed by atoms with Gasteiger partial charge in [0.05, 0.1) is 16.3 Å². The molecule has 2 bridgehead atoms. The molecule has 1 aromatic carbocycles. The average Bonchev–Trinajstić information content (AvgIpc) is 2.82. The van der Waals surface area contributed by atoms with Crippen LogP contribution in [0.15, 0.2) is 29.2 Å². The summed E-state index contributed by atoms with van der Waals surface area (Å²) >= 11 is 0. The summed E-state index contributed by atoms with van der Waals surface area (Å²) in [6.07, 6.45) is 3.63. The summed E-state index contributed by atoms with van der Waals surface area (Å²) in [4.78, 5) is 5.45. The number of para-hydroxylation sites is 1. The first-order chi connectivity index (χ1) is 10.9. The number of nitrogens with zero attached hydrogens (tertiary/aromatic N) is 2. The molecule has 0 radical (unpaired) electrons. The topological polar surface area (TPSA) is 40.6 Å². The maximum absolute atomic E-state index is 12.4. The zero-order valence-corrected chi connectivity index (χ0v) is 15.2. The van der Waals surface area contributed by atoms with Crippen LogP contribution >= 0.6 is 0 Å². The third-order valence-electron chi connectivity index (χ3n) is 5.36. The minimum absolute atomic E-state index is 0.155. The van der Waals surface area contributed by atoms with Gasteiger partial charge in [0.2, 0.25) is 0 Å². The molecule has 128 valence electrons. The van der Waals surface area contributed by atoms with Gasteiger partial charge in [-0.25, -0.2) is 8.42 Å². The molecule has 23 heavy (non-hydrogen) atoms. The quantitative estimate of drug-likeness (QED) is 0.848. The van der Waals surface area contributed by atoms with Gasteiger partial charge in [0.25, 0.3) is 0 Å². The highest BCUT2D eigenvalue weighted by molar-refractivity contribution is 7.91. The predicted octanol–water partition coefficient (Wildman–Crippen LogP) is 2.93. The summed E-state index contributed by atoms with van der Waals surface area (Å²) in [6, 6.07) is 9.27. The zero-order valence-electron chi connectivity index (χ0n) is 14.4. The van der Waals surface area contributed by atoms with Crippen LogP contribution in [0.1, 0.15) is 40.0 Å². The first-order valence-electron chi connectivity index (χ1n) is 8.78. The molecule has 1 aromatic rings. The van der Waals surface area contributed by atoms with Crippen molar-refractivity contribution < 1.29 is 8.42 Å². The minimum atomic E-state index is -3.19. The summed E-state index contributed by atoms with van der Waals surface area (Å²) in [5, 5.41) is 0. The van der Waals surface area contributed by atoms with E-state index < -0.39 is 9.84 Å². The number of fused-ring (bicyclic) bond motifs is 2. The molecule has 0 aromatic heterocycles. The Kier molecular flexibility index (Phi) is 4.70. The van der Waals surface area contributed by atoms with Crippen LogP contribution in [-0.2, 0) is 9.84 Å². The molecule has 5 heteroatoms. The highest BCUT2D eigenvalue weighted by atomic mass is 32.2. The van der Waals surface area contributed by atoms with Crippen LogP contribution in [-0.4, -0.2) is 50.3 Å². The fourth-order valence-corrected chi connectivity index (χ4v) is 5.42. The van der Waals surface area contributed by atoms with Gasteiger partial charge in [0.1, 0.15) is 0 Å². The SMILES string of the molecule is CCS(=O)(=O)c1ccccc1N1CCC2CCC(C1)N2C(C)C. The molecule has 2 aliphatic rings. The third-order valence-corrected chi connectivity index (χ3v) is 7.13. The Labute approximate surface area is 140 Å². The lowest BCUT2D eigenvalue weighted by atomic mass is 10.1. The average molecular weight is 337 g/mol. The number of benzene rings is 1. The summed E-state index contributed by atoms with van der Waals surface area (Å²) in [6.45, 7) is 8.15. The molecule has 2 unspecified atom stereocenters. The Morgan fingerprint density at radius 1 is 1.13 bits per heavy atom. The second-order valence-corrected chi connectivity index (χ2v) is 9.28. The van der Waals surface area contributed by atoms with Gasteiger partial charge in [-0.15, -0.1) is 0 Å². The van der Waals surface area contributed by atoms with E-state index in [1.54, 1.807) is 13.0 Å². The third kappa shape index (κ3) is 3.13. The molecule has 4 nitrogen and oxygen atoms in total. The van der Waals surface area contributed by atoms with E-state index in [-0.39, 0.29) is 5.75 Å². The van der Waals surface area contributed by atoms with Crippen molar-refractivity contribution in [2.75, 3.05) is 23.7 Å². The van der Waals surface area contributed by atoms with Crippen molar-refractivity contribution in [3.63, 3.8) is 0 Å². The molecule has 3 rings (SSSR count). The smallest absolute Gasteiger partial charge is 0.180 e. The van der Waals surface area contributed by atoms with Crippen LogP contribution in [0.2, 0.25) is 0 Å². The lowest BCUT2D eigenvalue weighted by molar-refractivity contribution is 0.158. The molecular weight excluding hydrogens is 308 g/mol. The summed E-state index contributed by atoms with van der Waals surface area (Å²) < 4.78 is 24.9. The van der Waals surface area contributed by atoms with Crippen LogP contribution in [0.5, 0.6) is 0 Å². The van der Waals surface area contributed by atoms with Crippen LogP contribution in [0, 0.1) is 0 Å². The van der Waals surface area contributed by atoms with Crippen molar-refractivity contribution in [2.24, 2.45) is 0 Å². The van der Waals surface area contributed by atoms with Crippen molar-refractivity contribution in [1.82, 2.24) is 4.90 Å². The second-order valence-electron chi connectivity index (χ2n) is 7.03. The van der Waals surface area contributed by atoms with E-state index in [0.717, 1.165) is 25.2 Å². The van der Waals surface area contributed by atoms with Gasteiger partial charge in [0, 0.05) is 31.2 Å². The summed E-state index contributed by atoms with van der Waals surface area (Å²) in [7, 11) is -3.19. The first-order valence-corrected chi connectivity index (χ1v) is 10.4. The number of hydrogen-bond donors (Lipinski definition) is 0. The first kappa shape index (κ1) is 16.8. The molecule has 2 aliphatic heterocycles. The van der Waals surface area contributed by atoms with Crippen molar-refractivity contribution in [3.05, 3.63) is 24.3 Å². The molecule has 0 aliphatic carbocycles. The van der Waals surface area contributed by atoms with Gasteiger partial charge in [0.15, 0.2) is 9.84 Å². The Morgan fingerprint density at radius 2 is 1.83 bits per heavy atom. The number of rotatable bonds is 4. The molecule has 2 fully saturated rings. The molecule has 0 spiro atoms. The van der Waals surface area contributed by atoms with E-state index in [1.165, 1.54) is 12.8 Å². The lowest BCUT2D eigenvalue weighted by Crippen LogP contribution is -2.43. The lowest BCUT2D eigenvalue weighted by Gasteiger charge is -2.33. The van der Waals surface area contributed by atoms with Crippen molar-refractivity contribution >= 4 is 15.5 Å². The molecule has 0 amide bonds. The molecule has 2 heterocycles. The molecule has 0 N–H and O–H groups in total. The van der Waals surface area contributed by atoms with E-state index in [9.17, 15) is 8.42 Å². The zero-order chi connectivity index (χ0) is 16.6. The van der Waals surface area contributed by atoms with E-state index in [1.807, 2.05) is 18.2 Å². The van der Waals surface area contributed by atoms with Gasteiger partial charge in [-0.05, 0) is 45.2 Å². The normalized spacial score (nSPS) is 25.8. The van der Waals surface area contributed by atoms with Crippen molar-refractivity contribution in [3.8, 4) is 0 Å². The predicted molar refractivity (Wildman–Crippen MR) is 94.8 cm³/mol. The van der Waals surface area contributed by atoms with Crippen molar-refractivity contribution in [1.29, 1.82) is 0 Å². The Morgan fingerprint density at radius 3 is 2.52 bits per heavy atom. The highest BCUT2D eigenvalue weighted by Gasteiger charge is 2.39. The highest BCUT2D eigenvalue weighted by Crippen LogP contribution is 2.35. The molecular formula is C18H28N2O2S. The number of anilines is 1. The summed E-state index contributed by atoms with van der Waals surface area (Å²) in [5.74, 6) is 0.155. The molecule has 2 saturated heterocycles. The Hall–Kier alpha value is -1.07. The Bertz CT molecular complexity index is 657. The van der Waals surface area contributed by atoms with Crippen LogP contribution < -0.4 is 4.90 Å². The Balaban J connectivity index is 1.93. The van der Waals surface area contributed by atoms with E-state index in [2.05, 4.69) is 23.6 Å². The van der Waals surface area contributed by atoms with Crippen LogP contribution in [0.3, 0.4) is 0 Å². The fraction of sp³-hybridized carbons (Fsp3) is 0.667. The van der Waals surface area contributed by atoms with Crippen LogP contribution in [0.4, 0.5) is 5.69 Å². The minimum Gasteiger partial charge on any atom is -0.369 e. The largest absolute Gasteiger partial charge is 0.369 e. The van der Waals surface area contributed by atoms with Gasteiger partial charge in [-0.2, -0.15) is 0 Å². The number of hydrogen-bond acceptors (Lipinski definition) is 4. The van der Waals surface area contributed by atoms with Gasteiger partial charge in [-0.1, -0.05) is 19.1 Å². The van der Waals surface area contributed by atoms with Gasteiger partial charge < -0.3 is 4.90 Å². The standard InChI is InChI=1S/C18H28N2O2S/c1-4-23(21,22)18-8-6-5-7-17(18)19-12-11-15-9-10-16(13-19)20(15)14(2)3/h5-8,14-16H,4,9-13H2,1-3H3. The summed E-state index contributed by atoms with van der Waals surface area (Å²) in [5.41, 5.74) is 0.894. The fourth-order valence-electron chi connectivity index (χ4n) is 4.31.